The largest absolute Gasteiger partial charge is 0.355 e. The minimum atomic E-state index is -3.92. The lowest BCUT2D eigenvalue weighted by molar-refractivity contribution is -0.124. The summed E-state index contributed by atoms with van der Waals surface area (Å²) in [6.07, 6.45) is 2.11. The van der Waals surface area contributed by atoms with Crippen LogP contribution in [0.3, 0.4) is 0 Å². The normalized spacial score (nSPS) is 17.7. The van der Waals surface area contributed by atoms with Crippen LogP contribution in [0.25, 0.3) is 10.8 Å². The Kier molecular flexibility index (Phi) is 6.09. The molecule has 5 nitrogen and oxygen atoms in total. The smallest absolute Gasteiger partial charge is 0.244 e. The second-order valence-corrected chi connectivity index (χ2v) is 9.77. The number of hydrogen-bond acceptors (Lipinski definition) is 3. The summed E-state index contributed by atoms with van der Waals surface area (Å²) >= 11 is 5.96. The Balaban J connectivity index is 1.80. The van der Waals surface area contributed by atoms with Gasteiger partial charge >= 0.3 is 0 Å². The average molecular weight is 443 g/mol. The van der Waals surface area contributed by atoms with E-state index in [-0.39, 0.29) is 17.3 Å². The monoisotopic (exact) mass is 442 g/mol. The first-order valence-electron chi connectivity index (χ1n) is 9.98. The molecule has 1 saturated heterocycles. The summed E-state index contributed by atoms with van der Waals surface area (Å²) in [5.74, 6) is -0.245. The van der Waals surface area contributed by atoms with E-state index in [0.717, 1.165) is 29.2 Å². The number of carbonyl (C=O) groups excluding carboxylic acids is 1. The van der Waals surface area contributed by atoms with E-state index in [1.807, 2.05) is 42.5 Å². The van der Waals surface area contributed by atoms with Gasteiger partial charge in [0, 0.05) is 18.1 Å². The van der Waals surface area contributed by atoms with Crippen LogP contribution in [0.1, 0.15) is 24.8 Å². The van der Waals surface area contributed by atoms with Gasteiger partial charge < -0.3 is 5.32 Å². The van der Waals surface area contributed by atoms with Crippen LogP contribution in [0.15, 0.2) is 71.6 Å². The lowest BCUT2D eigenvalue weighted by Crippen LogP contribution is -2.48. The maximum Gasteiger partial charge on any atom is 0.244 e. The summed E-state index contributed by atoms with van der Waals surface area (Å²) in [7, 11) is -3.92. The summed E-state index contributed by atoms with van der Waals surface area (Å²) in [4.78, 5) is 12.9. The molecule has 4 rings (SSSR count). The third-order valence-electron chi connectivity index (χ3n) is 5.48. The lowest BCUT2D eigenvalue weighted by atomic mass is 10.0. The SMILES string of the molecule is O=C1NCCCCC1N(Cc1cccc2ccccc12)S(=O)(=O)c1ccc(Cl)cc1. The zero-order valence-corrected chi connectivity index (χ0v) is 18.0. The molecule has 0 bridgehead atoms. The number of carbonyl (C=O) groups is 1. The first-order valence-corrected chi connectivity index (χ1v) is 11.8. The standard InChI is InChI=1S/C23H23ClN2O3S/c24-19-11-13-20(14-12-19)30(28,29)26(22-10-3-4-15-25-23(22)27)16-18-8-5-7-17-6-1-2-9-21(17)18/h1-2,5-9,11-14,22H,3-4,10,15-16H2,(H,25,27). The van der Waals surface area contributed by atoms with Crippen LogP contribution >= 0.6 is 11.6 Å². The van der Waals surface area contributed by atoms with Crippen LogP contribution < -0.4 is 5.32 Å². The first kappa shape index (κ1) is 20.8. The van der Waals surface area contributed by atoms with Crippen molar-refractivity contribution in [3.8, 4) is 0 Å². The third-order valence-corrected chi connectivity index (χ3v) is 7.60. The number of amides is 1. The molecule has 0 aliphatic carbocycles. The molecule has 3 aromatic rings. The van der Waals surface area contributed by atoms with Gasteiger partial charge in [0.25, 0.3) is 0 Å². The van der Waals surface area contributed by atoms with E-state index >= 15 is 0 Å². The molecule has 1 atom stereocenters. The Bertz CT molecular complexity index is 1160. The van der Waals surface area contributed by atoms with Crippen molar-refractivity contribution in [1.82, 2.24) is 9.62 Å². The van der Waals surface area contributed by atoms with Crippen LogP contribution in [0.4, 0.5) is 0 Å². The molecule has 1 fully saturated rings. The van der Waals surface area contributed by atoms with Gasteiger partial charge in [0.2, 0.25) is 15.9 Å². The highest BCUT2D eigenvalue weighted by molar-refractivity contribution is 7.89. The zero-order chi connectivity index (χ0) is 21.1. The quantitative estimate of drug-likeness (QED) is 0.638. The fourth-order valence-corrected chi connectivity index (χ4v) is 5.62. The van der Waals surface area contributed by atoms with Crippen LogP contribution in [0.5, 0.6) is 0 Å². The predicted octanol–water partition coefficient (Wildman–Crippen LogP) is 4.35. The lowest BCUT2D eigenvalue weighted by Gasteiger charge is -2.29. The van der Waals surface area contributed by atoms with Gasteiger partial charge in [0.1, 0.15) is 6.04 Å². The van der Waals surface area contributed by atoms with Crippen molar-refractivity contribution < 1.29 is 13.2 Å². The average Bonchev–Trinajstić information content (AvgIpc) is 2.96. The van der Waals surface area contributed by atoms with Crippen molar-refractivity contribution in [3.05, 3.63) is 77.3 Å². The zero-order valence-electron chi connectivity index (χ0n) is 16.4. The molecule has 0 radical (unpaired) electrons. The molecule has 30 heavy (non-hydrogen) atoms. The minimum absolute atomic E-state index is 0.115. The van der Waals surface area contributed by atoms with Gasteiger partial charge in [-0.2, -0.15) is 4.31 Å². The van der Waals surface area contributed by atoms with E-state index in [9.17, 15) is 13.2 Å². The van der Waals surface area contributed by atoms with E-state index in [1.165, 1.54) is 16.4 Å². The molecule has 1 aliphatic heterocycles. The number of sulfonamides is 1. The molecule has 0 saturated carbocycles. The highest BCUT2D eigenvalue weighted by atomic mass is 35.5. The highest BCUT2D eigenvalue weighted by Gasteiger charge is 2.36. The van der Waals surface area contributed by atoms with E-state index < -0.39 is 16.1 Å². The van der Waals surface area contributed by atoms with Gasteiger partial charge in [-0.25, -0.2) is 8.42 Å². The van der Waals surface area contributed by atoms with Crippen molar-refractivity contribution in [2.24, 2.45) is 0 Å². The number of rotatable bonds is 5. The van der Waals surface area contributed by atoms with E-state index in [2.05, 4.69) is 5.32 Å². The Labute approximate surface area is 181 Å². The number of hydrogen-bond donors (Lipinski definition) is 1. The molecule has 1 unspecified atom stereocenters. The Morgan fingerprint density at radius 2 is 1.70 bits per heavy atom. The van der Waals surface area contributed by atoms with E-state index in [1.54, 1.807) is 12.1 Å². The Hall–Kier alpha value is -2.41. The minimum Gasteiger partial charge on any atom is -0.355 e. The van der Waals surface area contributed by atoms with E-state index in [0.29, 0.717) is 18.0 Å². The van der Waals surface area contributed by atoms with Crippen molar-refractivity contribution >= 4 is 38.3 Å². The van der Waals surface area contributed by atoms with E-state index in [4.69, 9.17) is 11.6 Å². The number of benzene rings is 3. The second-order valence-electron chi connectivity index (χ2n) is 7.45. The molecule has 0 aromatic heterocycles. The molecular formula is C23H23ClN2O3S. The van der Waals surface area contributed by atoms with Crippen molar-refractivity contribution in [2.75, 3.05) is 6.54 Å². The number of fused-ring (bicyclic) bond motifs is 1. The topological polar surface area (TPSA) is 66.5 Å². The number of nitrogens with zero attached hydrogens (tertiary/aromatic N) is 1. The van der Waals surface area contributed by atoms with Gasteiger partial charge in [-0.3, -0.25) is 4.79 Å². The van der Waals surface area contributed by atoms with Gasteiger partial charge in [0.15, 0.2) is 0 Å². The van der Waals surface area contributed by atoms with Crippen molar-refractivity contribution in [2.45, 2.75) is 36.7 Å². The number of nitrogens with one attached hydrogen (secondary N) is 1. The van der Waals surface area contributed by atoms with Gasteiger partial charge in [0.05, 0.1) is 4.90 Å². The third kappa shape index (κ3) is 4.21. The molecule has 1 heterocycles. The first-order chi connectivity index (χ1) is 14.5. The molecule has 1 amide bonds. The summed E-state index contributed by atoms with van der Waals surface area (Å²) in [6, 6.07) is 19.0. The number of halogens is 1. The maximum atomic E-state index is 13.6. The molecule has 156 valence electrons. The molecule has 1 N–H and O–H groups in total. The highest BCUT2D eigenvalue weighted by Crippen LogP contribution is 2.28. The molecule has 1 aliphatic rings. The molecule has 7 heteroatoms. The fourth-order valence-electron chi connectivity index (χ4n) is 3.90. The van der Waals surface area contributed by atoms with Gasteiger partial charge in [-0.05, 0) is 59.9 Å². The summed E-state index contributed by atoms with van der Waals surface area (Å²) < 4.78 is 28.6. The maximum absolute atomic E-state index is 13.6. The van der Waals surface area contributed by atoms with Crippen molar-refractivity contribution in [1.29, 1.82) is 0 Å². The van der Waals surface area contributed by atoms with Crippen LogP contribution in [0.2, 0.25) is 5.02 Å². The molecule has 0 spiro atoms. The van der Waals surface area contributed by atoms with Crippen LogP contribution in [-0.2, 0) is 21.4 Å². The summed E-state index contributed by atoms with van der Waals surface area (Å²) in [5.41, 5.74) is 0.864. The summed E-state index contributed by atoms with van der Waals surface area (Å²) in [6.45, 7) is 0.683. The second kappa shape index (κ2) is 8.76. The molecular weight excluding hydrogens is 420 g/mol. The van der Waals surface area contributed by atoms with Gasteiger partial charge in [-0.15, -0.1) is 0 Å². The van der Waals surface area contributed by atoms with Crippen LogP contribution in [-0.4, -0.2) is 31.2 Å². The van der Waals surface area contributed by atoms with Crippen LogP contribution in [0, 0.1) is 0 Å². The summed E-state index contributed by atoms with van der Waals surface area (Å²) in [5, 5.41) is 5.33. The Morgan fingerprint density at radius 3 is 2.50 bits per heavy atom. The fraction of sp³-hybridized carbons (Fsp3) is 0.261. The Morgan fingerprint density at radius 1 is 0.967 bits per heavy atom. The molecule has 3 aromatic carbocycles. The predicted molar refractivity (Wildman–Crippen MR) is 119 cm³/mol. The van der Waals surface area contributed by atoms with Crippen molar-refractivity contribution in [3.63, 3.8) is 0 Å². The van der Waals surface area contributed by atoms with Gasteiger partial charge in [-0.1, -0.05) is 54.1 Å².